The lowest BCUT2D eigenvalue weighted by atomic mass is 10.0. The highest BCUT2D eigenvalue weighted by Gasteiger charge is 2.28. The van der Waals surface area contributed by atoms with E-state index < -0.39 is 10.0 Å². The van der Waals surface area contributed by atoms with Crippen molar-refractivity contribution in [2.24, 2.45) is 0 Å². The maximum atomic E-state index is 12.8. The average Bonchev–Trinajstić information content (AvgIpc) is 3.27. The first kappa shape index (κ1) is 22.3. The Bertz CT molecular complexity index is 996. The minimum Gasteiger partial charge on any atom is -0.491 e. The SMILES string of the molecule is Cc1ccc(S(=O)(=O)N2CCCC2)cc1C(=O)NCCOc1ccccc1C(C)C. The first-order valence-corrected chi connectivity index (χ1v) is 11.9. The van der Waals surface area contributed by atoms with Crippen LogP contribution in [0.5, 0.6) is 5.75 Å². The third kappa shape index (κ3) is 5.02. The van der Waals surface area contributed by atoms with Gasteiger partial charge in [0, 0.05) is 18.7 Å². The molecular formula is C23H30N2O4S. The second kappa shape index (κ2) is 9.62. The Hall–Kier alpha value is -2.38. The highest BCUT2D eigenvalue weighted by atomic mass is 32.2. The molecule has 0 unspecified atom stereocenters. The quantitative estimate of drug-likeness (QED) is 0.648. The number of hydrogen-bond acceptors (Lipinski definition) is 4. The van der Waals surface area contributed by atoms with Crippen molar-refractivity contribution >= 4 is 15.9 Å². The summed E-state index contributed by atoms with van der Waals surface area (Å²) in [4.78, 5) is 12.8. The number of carbonyl (C=O) groups excluding carboxylic acids is 1. The number of sulfonamides is 1. The summed E-state index contributed by atoms with van der Waals surface area (Å²) in [7, 11) is -3.56. The average molecular weight is 431 g/mol. The van der Waals surface area contributed by atoms with Crippen molar-refractivity contribution in [2.45, 2.75) is 44.4 Å². The van der Waals surface area contributed by atoms with Crippen molar-refractivity contribution in [3.8, 4) is 5.75 Å². The van der Waals surface area contributed by atoms with Crippen molar-refractivity contribution in [2.75, 3.05) is 26.2 Å². The summed E-state index contributed by atoms with van der Waals surface area (Å²) in [6.45, 7) is 7.75. The summed E-state index contributed by atoms with van der Waals surface area (Å²) in [5, 5.41) is 2.83. The van der Waals surface area contributed by atoms with Gasteiger partial charge in [0.2, 0.25) is 10.0 Å². The van der Waals surface area contributed by atoms with E-state index in [1.165, 1.54) is 10.4 Å². The Labute approximate surface area is 179 Å². The second-order valence-corrected chi connectivity index (χ2v) is 9.82. The highest BCUT2D eigenvalue weighted by molar-refractivity contribution is 7.89. The summed E-state index contributed by atoms with van der Waals surface area (Å²) in [6, 6.07) is 12.6. The van der Waals surface area contributed by atoms with Gasteiger partial charge < -0.3 is 10.1 Å². The molecule has 1 N–H and O–H groups in total. The largest absolute Gasteiger partial charge is 0.491 e. The van der Waals surface area contributed by atoms with Gasteiger partial charge in [-0.15, -0.1) is 0 Å². The van der Waals surface area contributed by atoms with Crippen molar-refractivity contribution in [1.29, 1.82) is 0 Å². The summed E-state index contributed by atoms with van der Waals surface area (Å²) in [5.74, 6) is 0.863. The van der Waals surface area contributed by atoms with Gasteiger partial charge >= 0.3 is 0 Å². The number of aryl methyl sites for hydroxylation is 1. The van der Waals surface area contributed by atoms with E-state index in [0.717, 1.165) is 29.7 Å². The molecule has 0 saturated carbocycles. The Morgan fingerprint density at radius 3 is 2.53 bits per heavy atom. The molecule has 162 valence electrons. The maximum absolute atomic E-state index is 12.8. The van der Waals surface area contributed by atoms with E-state index in [1.54, 1.807) is 19.1 Å². The molecule has 0 aliphatic carbocycles. The van der Waals surface area contributed by atoms with E-state index in [4.69, 9.17) is 4.74 Å². The molecule has 6 nitrogen and oxygen atoms in total. The van der Waals surface area contributed by atoms with Gasteiger partial charge in [-0.3, -0.25) is 4.79 Å². The zero-order valence-corrected chi connectivity index (χ0v) is 18.7. The van der Waals surface area contributed by atoms with Crippen LogP contribution >= 0.6 is 0 Å². The van der Waals surface area contributed by atoms with Gasteiger partial charge in [0.25, 0.3) is 5.91 Å². The summed E-state index contributed by atoms with van der Waals surface area (Å²) in [5.41, 5.74) is 2.23. The number of nitrogens with zero attached hydrogens (tertiary/aromatic N) is 1. The normalized spacial score (nSPS) is 14.8. The van der Waals surface area contributed by atoms with Crippen LogP contribution in [0.1, 0.15) is 54.1 Å². The third-order valence-electron chi connectivity index (χ3n) is 5.34. The van der Waals surface area contributed by atoms with Crippen molar-refractivity contribution < 1.29 is 17.9 Å². The monoisotopic (exact) mass is 430 g/mol. The van der Waals surface area contributed by atoms with Gasteiger partial charge in [-0.05, 0) is 55.0 Å². The fourth-order valence-electron chi connectivity index (χ4n) is 3.59. The van der Waals surface area contributed by atoms with Gasteiger partial charge in [0.05, 0.1) is 11.4 Å². The molecule has 30 heavy (non-hydrogen) atoms. The molecule has 0 bridgehead atoms. The Morgan fingerprint density at radius 2 is 1.83 bits per heavy atom. The molecule has 0 spiro atoms. The van der Waals surface area contributed by atoms with Crippen LogP contribution in [0, 0.1) is 6.92 Å². The molecule has 2 aromatic carbocycles. The molecule has 2 aromatic rings. The first-order chi connectivity index (χ1) is 14.3. The number of benzene rings is 2. The van der Waals surface area contributed by atoms with Crippen LogP contribution in [-0.4, -0.2) is 44.9 Å². The zero-order chi connectivity index (χ0) is 21.7. The van der Waals surface area contributed by atoms with Crippen LogP contribution in [-0.2, 0) is 10.0 Å². The first-order valence-electron chi connectivity index (χ1n) is 10.4. The molecule has 1 aliphatic rings. The predicted molar refractivity (Wildman–Crippen MR) is 118 cm³/mol. The fraction of sp³-hybridized carbons (Fsp3) is 0.435. The van der Waals surface area contributed by atoms with E-state index >= 15 is 0 Å². The van der Waals surface area contributed by atoms with Gasteiger partial charge in [0.15, 0.2) is 0 Å². The molecular weight excluding hydrogens is 400 g/mol. The lowest BCUT2D eigenvalue weighted by Crippen LogP contribution is -2.30. The predicted octanol–water partition coefficient (Wildman–Crippen LogP) is 3.71. The number of carbonyl (C=O) groups is 1. The van der Waals surface area contributed by atoms with Crippen LogP contribution in [0.15, 0.2) is 47.4 Å². The highest BCUT2D eigenvalue weighted by Crippen LogP contribution is 2.26. The fourth-order valence-corrected chi connectivity index (χ4v) is 5.14. The number of para-hydroxylation sites is 1. The lowest BCUT2D eigenvalue weighted by molar-refractivity contribution is 0.0946. The molecule has 1 fully saturated rings. The zero-order valence-electron chi connectivity index (χ0n) is 17.8. The molecule has 1 saturated heterocycles. The van der Waals surface area contributed by atoms with Crippen molar-refractivity contribution in [3.63, 3.8) is 0 Å². The van der Waals surface area contributed by atoms with Crippen LogP contribution in [0.25, 0.3) is 0 Å². The minimum atomic E-state index is -3.56. The molecule has 1 aliphatic heterocycles. The molecule has 7 heteroatoms. The Kier molecular flexibility index (Phi) is 7.15. The van der Waals surface area contributed by atoms with Gasteiger partial charge in [-0.1, -0.05) is 38.1 Å². The topological polar surface area (TPSA) is 75.7 Å². The summed E-state index contributed by atoms with van der Waals surface area (Å²) < 4.78 is 32.9. The smallest absolute Gasteiger partial charge is 0.251 e. The summed E-state index contributed by atoms with van der Waals surface area (Å²) in [6.07, 6.45) is 1.75. The molecule has 1 heterocycles. The number of hydrogen-bond donors (Lipinski definition) is 1. The van der Waals surface area contributed by atoms with Gasteiger partial charge in [0.1, 0.15) is 12.4 Å². The summed E-state index contributed by atoms with van der Waals surface area (Å²) >= 11 is 0. The molecule has 0 aromatic heterocycles. The van der Waals surface area contributed by atoms with E-state index in [2.05, 4.69) is 19.2 Å². The van der Waals surface area contributed by atoms with Crippen LogP contribution in [0.4, 0.5) is 0 Å². The van der Waals surface area contributed by atoms with E-state index in [0.29, 0.717) is 37.7 Å². The Balaban J connectivity index is 1.63. The van der Waals surface area contributed by atoms with Crippen LogP contribution in [0.2, 0.25) is 0 Å². The van der Waals surface area contributed by atoms with Gasteiger partial charge in [-0.25, -0.2) is 8.42 Å². The number of ether oxygens (including phenoxy) is 1. The van der Waals surface area contributed by atoms with E-state index in [1.807, 2.05) is 24.3 Å². The van der Waals surface area contributed by atoms with E-state index in [-0.39, 0.29) is 10.8 Å². The Morgan fingerprint density at radius 1 is 1.13 bits per heavy atom. The number of nitrogens with one attached hydrogen (secondary N) is 1. The lowest BCUT2D eigenvalue weighted by Gasteiger charge is -2.17. The van der Waals surface area contributed by atoms with Crippen LogP contribution < -0.4 is 10.1 Å². The number of rotatable bonds is 8. The van der Waals surface area contributed by atoms with Crippen LogP contribution in [0.3, 0.4) is 0 Å². The molecule has 3 rings (SSSR count). The molecule has 0 atom stereocenters. The standard InChI is InChI=1S/C23H30N2O4S/c1-17(2)20-8-4-5-9-22(20)29-15-12-24-23(26)21-16-19(11-10-18(21)3)30(27,28)25-13-6-7-14-25/h4-5,8-11,16-17H,6-7,12-15H2,1-3H3,(H,24,26). The van der Waals surface area contributed by atoms with Gasteiger partial charge in [-0.2, -0.15) is 4.31 Å². The minimum absolute atomic E-state index is 0.169. The molecule has 1 amide bonds. The third-order valence-corrected chi connectivity index (χ3v) is 7.24. The van der Waals surface area contributed by atoms with E-state index in [9.17, 15) is 13.2 Å². The number of amides is 1. The van der Waals surface area contributed by atoms with Crippen molar-refractivity contribution in [3.05, 3.63) is 59.2 Å². The van der Waals surface area contributed by atoms with Crippen molar-refractivity contribution in [1.82, 2.24) is 9.62 Å². The maximum Gasteiger partial charge on any atom is 0.251 e. The second-order valence-electron chi connectivity index (χ2n) is 7.88. The molecule has 0 radical (unpaired) electrons.